The maximum absolute atomic E-state index is 12.7. The maximum atomic E-state index is 12.7. The van der Waals surface area contributed by atoms with Gasteiger partial charge in [-0.15, -0.1) is 0 Å². The number of hydrogen-bond donors (Lipinski definition) is 1. The molecule has 0 spiro atoms. The average molecular weight is 351 g/mol. The van der Waals surface area contributed by atoms with Crippen LogP contribution in [0.5, 0.6) is 0 Å². The van der Waals surface area contributed by atoms with Gasteiger partial charge in [-0.3, -0.25) is 14.4 Å². The number of nitrogens with one attached hydrogen (secondary N) is 1. The molecule has 26 heavy (non-hydrogen) atoms. The highest BCUT2D eigenvalue weighted by Crippen LogP contribution is 2.17. The highest BCUT2D eigenvalue weighted by molar-refractivity contribution is 5.97. The molecule has 3 amide bonds. The van der Waals surface area contributed by atoms with E-state index in [1.54, 1.807) is 4.90 Å². The molecule has 2 aliphatic heterocycles. The van der Waals surface area contributed by atoms with Gasteiger partial charge in [0.25, 0.3) is 5.91 Å². The van der Waals surface area contributed by atoms with E-state index in [1.807, 2.05) is 30.3 Å². The lowest BCUT2D eigenvalue weighted by Crippen LogP contribution is -2.66. The number of fused-ring (bicyclic) bond motifs is 1. The Morgan fingerprint density at radius 3 is 2.54 bits per heavy atom. The predicted octanol–water partition coefficient (Wildman–Crippen LogP) is -0.0736. The summed E-state index contributed by atoms with van der Waals surface area (Å²) in [6, 6.07) is 8.87. The molecule has 1 N–H and O–H groups in total. The van der Waals surface area contributed by atoms with E-state index in [9.17, 15) is 14.4 Å². The van der Waals surface area contributed by atoms with Gasteiger partial charge in [-0.2, -0.15) is 0 Å². The quantitative estimate of drug-likeness (QED) is 0.817. The third-order valence-corrected chi connectivity index (χ3v) is 4.64. The molecular formula is C18H17N5O3. The van der Waals surface area contributed by atoms with Crippen molar-refractivity contribution in [2.75, 3.05) is 26.2 Å². The van der Waals surface area contributed by atoms with Crippen molar-refractivity contribution < 1.29 is 14.4 Å². The minimum atomic E-state index is -0.626. The molecule has 8 nitrogen and oxygen atoms in total. The first-order valence-corrected chi connectivity index (χ1v) is 8.37. The van der Waals surface area contributed by atoms with Crippen LogP contribution in [0.1, 0.15) is 10.4 Å². The summed E-state index contributed by atoms with van der Waals surface area (Å²) in [6.45, 7) is 0.940. The topological polar surface area (TPSA) is 95.5 Å². The van der Waals surface area contributed by atoms with Crippen molar-refractivity contribution in [3.63, 3.8) is 0 Å². The Balaban J connectivity index is 1.49. The van der Waals surface area contributed by atoms with Crippen LogP contribution in [0.2, 0.25) is 0 Å². The summed E-state index contributed by atoms with van der Waals surface area (Å²) in [5.41, 5.74) is 1.23. The van der Waals surface area contributed by atoms with Gasteiger partial charge < -0.3 is 15.1 Å². The van der Waals surface area contributed by atoms with Gasteiger partial charge in [0, 0.05) is 31.0 Å². The highest BCUT2D eigenvalue weighted by atomic mass is 16.2. The second-order valence-corrected chi connectivity index (χ2v) is 6.23. The van der Waals surface area contributed by atoms with E-state index >= 15 is 0 Å². The Kier molecular flexibility index (Phi) is 4.08. The van der Waals surface area contributed by atoms with Gasteiger partial charge in [0.05, 0.1) is 18.7 Å². The van der Waals surface area contributed by atoms with Crippen LogP contribution in [0.4, 0.5) is 0 Å². The van der Waals surface area contributed by atoms with E-state index in [0.717, 1.165) is 5.56 Å². The standard InChI is InChI=1S/C18H17N5O3/c24-15-10-21-17(25)14-11-22(6-7-23(14)15)18(26)13-8-19-16(20-9-13)12-4-2-1-3-5-12/h1-5,8-9,14H,6-7,10-11H2,(H,21,25)/t14-/m1/s1. The molecule has 0 unspecified atom stereocenters. The van der Waals surface area contributed by atoms with Crippen molar-refractivity contribution in [3.05, 3.63) is 48.3 Å². The Hall–Kier alpha value is -3.29. The van der Waals surface area contributed by atoms with Crippen LogP contribution in [-0.2, 0) is 9.59 Å². The fourth-order valence-corrected chi connectivity index (χ4v) is 3.23. The van der Waals surface area contributed by atoms with Crippen LogP contribution in [0.3, 0.4) is 0 Å². The van der Waals surface area contributed by atoms with E-state index < -0.39 is 6.04 Å². The van der Waals surface area contributed by atoms with Crippen molar-refractivity contribution in [2.45, 2.75) is 6.04 Å². The molecule has 0 saturated carbocycles. The third kappa shape index (κ3) is 2.90. The van der Waals surface area contributed by atoms with Crippen LogP contribution in [0.15, 0.2) is 42.7 Å². The van der Waals surface area contributed by atoms with Gasteiger partial charge in [0.2, 0.25) is 11.8 Å². The van der Waals surface area contributed by atoms with Crippen molar-refractivity contribution in [1.29, 1.82) is 0 Å². The summed E-state index contributed by atoms with van der Waals surface area (Å²) < 4.78 is 0. The number of nitrogens with zero attached hydrogens (tertiary/aromatic N) is 4. The maximum Gasteiger partial charge on any atom is 0.257 e. The first kappa shape index (κ1) is 16.2. The van der Waals surface area contributed by atoms with Crippen molar-refractivity contribution in [2.24, 2.45) is 0 Å². The van der Waals surface area contributed by atoms with Crippen LogP contribution in [0, 0.1) is 0 Å². The lowest BCUT2D eigenvalue weighted by Gasteiger charge is -2.42. The van der Waals surface area contributed by atoms with Crippen molar-refractivity contribution >= 4 is 17.7 Å². The SMILES string of the molecule is O=C1NCC(=O)N2CCN(C(=O)c3cnc(-c4ccccc4)nc3)C[C@H]12. The lowest BCUT2D eigenvalue weighted by atomic mass is 10.1. The number of benzene rings is 1. The zero-order valence-corrected chi connectivity index (χ0v) is 14.0. The molecule has 1 aromatic carbocycles. The molecule has 2 aromatic rings. The van der Waals surface area contributed by atoms with Crippen molar-refractivity contribution in [3.8, 4) is 11.4 Å². The first-order chi connectivity index (χ1) is 12.6. The van der Waals surface area contributed by atoms with E-state index in [2.05, 4.69) is 15.3 Å². The summed E-state index contributed by atoms with van der Waals surface area (Å²) in [5, 5.41) is 2.56. The zero-order valence-electron chi connectivity index (χ0n) is 14.0. The number of carbonyl (C=O) groups is 3. The molecule has 0 aliphatic carbocycles. The number of hydrogen-bond acceptors (Lipinski definition) is 5. The average Bonchev–Trinajstić information content (AvgIpc) is 2.71. The van der Waals surface area contributed by atoms with Gasteiger partial charge in [-0.05, 0) is 0 Å². The Morgan fingerprint density at radius 1 is 1.08 bits per heavy atom. The fourth-order valence-electron chi connectivity index (χ4n) is 3.23. The Morgan fingerprint density at radius 2 is 1.81 bits per heavy atom. The minimum Gasteiger partial charge on any atom is -0.345 e. The number of aromatic nitrogens is 2. The molecular weight excluding hydrogens is 334 g/mol. The van der Waals surface area contributed by atoms with Gasteiger partial charge in [0.1, 0.15) is 6.04 Å². The molecule has 4 rings (SSSR count). The summed E-state index contributed by atoms with van der Waals surface area (Å²) in [4.78, 5) is 48.3. The monoisotopic (exact) mass is 351 g/mol. The van der Waals surface area contributed by atoms with Crippen LogP contribution in [0.25, 0.3) is 11.4 Å². The second-order valence-electron chi connectivity index (χ2n) is 6.23. The molecule has 1 atom stereocenters. The van der Waals surface area contributed by atoms with Crippen LogP contribution >= 0.6 is 0 Å². The Bertz CT molecular complexity index is 853. The molecule has 2 fully saturated rings. The lowest BCUT2D eigenvalue weighted by molar-refractivity contribution is -0.148. The third-order valence-electron chi connectivity index (χ3n) is 4.64. The molecule has 0 radical (unpaired) electrons. The Labute approximate surface area is 149 Å². The van der Waals surface area contributed by atoms with E-state index in [4.69, 9.17) is 0 Å². The first-order valence-electron chi connectivity index (χ1n) is 8.37. The van der Waals surface area contributed by atoms with E-state index in [1.165, 1.54) is 17.3 Å². The van der Waals surface area contributed by atoms with Gasteiger partial charge in [-0.1, -0.05) is 30.3 Å². The number of carbonyl (C=O) groups excluding carboxylic acids is 3. The fraction of sp³-hybridized carbons (Fsp3) is 0.278. The van der Waals surface area contributed by atoms with Crippen molar-refractivity contribution in [1.82, 2.24) is 25.1 Å². The largest absolute Gasteiger partial charge is 0.345 e. The van der Waals surface area contributed by atoms with E-state index in [0.29, 0.717) is 24.5 Å². The normalized spacial score (nSPS) is 19.8. The smallest absolute Gasteiger partial charge is 0.257 e. The highest BCUT2D eigenvalue weighted by Gasteiger charge is 2.40. The van der Waals surface area contributed by atoms with Gasteiger partial charge in [0.15, 0.2) is 5.82 Å². The molecule has 2 aliphatic rings. The summed E-state index contributed by atoms with van der Waals surface area (Å²) in [7, 11) is 0. The van der Waals surface area contributed by atoms with Crippen LogP contribution < -0.4 is 5.32 Å². The number of piperazine rings is 2. The molecule has 8 heteroatoms. The number of rotatable bonds is 2. The minimum absolute atomic E-state index is 0.0259. The van der Waals surface area contributed by atoms with Crippen LogP contribution in [-0.4, -0.2) is 69.7 Å². The van der Waals surface area contributed by atoms with Gasteiger partial charge >= 0.3 is 0 Å². The zero-order chi connectivity index (χ0) is 18.1. The molecule has 0 bridgehead atoms. The molecule has 132 valence electrons. The van der Waals surface area contributed by atoms with E-state index in [-0.39, 0.29) is 30.8 Å². The van der Waals surface area contributed by atoms with Gasteiger partial charge in [-0.25, -0.2) is 9.97 Å². The summed E-state index contributed by atoms with van der Waals surface area (Å²) in [5.74, 6) is -0.0330. The summed E-state index contributed by atoms with van der Waals surface area (Å²) >= 11 is 0. The summed E-state index contributed by atoms with van der Waals surface area (Å²) in [6.07, 6.45) is 2.99. The second kappa shape index (κ2) is 6.55. The molecule has 1 aromatic heterocycles. The molecule has 3 heterocycles. The predicted molar refractivity (Wildman–Crippen MR) is 91.9 cm³/mol. The number of amides is 3. The molecule has 2 saturated heterocycles.